The monoisotopic (exact) mass is 265 g/mol. The average Bonchev–Trinajstić information content (AvgIpc) is 2.58. The maximum absolute atomic E-state index is 12.3. The Morgan fingerprint density at radius 2 is 2.11 bits per heavy atom. The normalized spacial score (nSPS) is 11.0. The molecule has 0 aliphatic heterocycles. The van der Waals surface area contributed by atoms with Gasteiger partial charge >= 0.3 is 18.3 Å². The van der Waals surface area contributed by atoms with Gasteiger partial charge in [0.15, 0.2) is 0 Å². The molecule has 19 heavy (non-hydrogen) atoms. The lowest BCUT2D eigenvalue weighted by Crippen LogP contribution is -2.23. The summed E-state index contributed by atoms with van der Waals surface area (Å²) in [4.78, 5) is 11.9. The Hall–Kier alpha value is -2.12. The molecule has 0 N–H and O–H groups in total. The lowest BCUT2D eigenvalue weighted by molar-refractivity contribution is -0.0575. The Morgan fingerprint density at radius 1 is 1.42 bits per heavy atom. The van der Waals surface area contributed by atoms with Crippen molar-refractivity contribution in [3.63, 3.8) is 0 Å². The van der Waals surface area contributed by atoms with Crippen LogP contribution in [0.3, 0.4) is 0 Å². The fourth-order valence-corrected chi connectivity index (χ4v) is 1.59. The van der Waals surface area contributed by atoms with Crippen molar-refractivity contribution in [2.75, 3.05) is 0 Å². The first-order chi connectivity index (χ1) is 8.90. The molecule has 0 saturated carbocycles. The number of benzene rings is 1. The minimum Gasteiger partial charge on any atom is -0.401 e. The molecule has 1 aromatic heterocycles. The summed E-state index contributed by atoms with van der Waals surface area (Å²) in [7, 11) is 7.08. The number of halogens is 2. The zero-order chi connectivity index (χ0) is 14.2. The molecule has 1 heterocycles. The molecular formula is C11H10BF2N3O2. The SMILES string of the molecule is [B]c1cc(-n2c(OC(F)F)nn(C)c2=O)ccc1C. The molecule has 0 atom stereocenters. The Labute approximate surface area is 108 Å². The molecule has 2 rings (SSSR count). The third kappa shape index (κ3) is 2.52. The molecule has 0 unspecified atom stereocenters. The van der Waals surface area contributed by atoms with Gasteiger partial charge in [0.2, 0.25) is 0 Å². The maximum Gasteiger partial charge on any atom is 0.389 e. The summed E-state index contributed by atoms with van der Waals surface area (Å²) in [6.07, 6.45) is 0. The Balaban J connectivity index is 2.60. The van der Waals surface area contributed by atoms with E-state index in [0.717, 1.165) is 14.8 Å². The summed E-state index contributed by atoms with van der Waals surface area (Å²) in [6.45, 7) is -1.27. The molecule has 0 amide bonds. The van der Waals surface area contributed by atoms with E-state index < -0.39 is 18.3 Å². The van der Waals surface area contributed by atoms with Gasteiger partial charge in [0.25, 0.3) is 0 Å². The molecule has 0 aliphatic rings. The van der Waals surface area contributed by atoms with Crippen molar-refractivity contribution in [2.45, 2.75) is 13.5 Å². The zero-order valence-electron chi connectivity index (χ0n) is 10.3. The van der Waals surface area contributed by atoms with Crippen LogP contribution >= 0.6 is 0 Å². The van der Waals surface area contributed by atoms with Crippen LogP contribution in [0, 0.1) is 6.92 Å². The predicted octanol–water partition coefficient (Wildman–Crippen LogP) is 0.275. The van der Waals surface area contributed by atoms with Crippen LogP contribution in [0.4, 0.5) is 8.78 Å². The van der Waals surface area contributed by atoms with Crippen LogP contribution in [0.25, 0.3) is 5.69 Å². The minimum absolute atomic E-state index is 0.317. The van der Waals surface area contributed by atoms with Gasteiger partial charge in [-0.3, -0.25) is 0 Å². The molecule has 0 bridgehead atoms. The molecule has 0 saturated heterocycles. The van der Waals surface area contributed by atoms with Gasteiger partial charge in [-0.15, -0.1) is 5.10 Å². The van der Waals surface area contributed by atoms with Gasteiger partial charge in [-0.2, -0.15) is 8.78 Å². The van der Waals surface area contributed by atoms with Crippen molar-refractivity contribution in [3.8, 4) is 11.7 Å². The summed E-state index contributed by atoms with van der Waals surface area (Å²) in [5, 5.41) is 3.60. The van der Waals surface area contributed by atoms with Crippen molar-refractivity contribution in [1.82, 2.24) is 14.3 Å². The first kappa shape index (κ1) is 13.3. The Morgan fingerprint density at radius 3 is 2.68 bits per heavy atom. The molecule has 0 spiro atoms. The minimum atomic E-state index is -3.07. The van der Waals surface area contributed by atoms with Crippen molar-refractivity contribution in [2.24, 2.45) is 7.05 Å². The highest BCUT2D eigenvalue weighted by Crippen LogP contribution is 2.14. The number of hydrogen-bond donors (Lipinski definition) is 0. The van der Waals surface area contributed by atoms with Gasteiger partial charge < -0.3 is 4.74 Å². The molecule has 0 aliphatic carbocycles. The number of aryl methyl sites for hydroxylation is 2. The van der Waals surface area contributed by atoms with Crippen LogP contribution in [0.2, 0.25) is 0 Å². The molecule has 98 valence electrons. The molecular weight excluding hydrogens is 255 g/mol. The van der Waals surface area contributed by atoms with Gasteiger partial charge in [-0.05, 0) is 19.1 Å². The van der Waals surface area contributed by atoms with Gasteiger partial charge in [0.05, 0.1) is 5.69 Å². The van der Waals surface area contributed by atoms with Gasteiger partial charge in [0.1, 0.15) is 7.85 Å². The van der Waals surface area contributed by atoms with E-state index in [1.54, 1.807) is 19.1 Å². The highest BCUT2D eigenvalue weighted by molar-refractivity contribution is 6.33. The molecule has 8 heteroatoms. The highest BCUT2D eigenvalue weighted by atomic mass is 19.3. The van der Waals surface area contributed by atoms with Crippen molar-refractivity contribution < 1.29 is 13.5 Å². The van der Waals surface area contributed by atoms with Gasteiger partial charge in [-0.25, -0.2) is 14.0 Å². The van der Waals surface area contributed by atoms with E-state index in [1.807, 2.05) is 0 Å². The summed E-state index contributed by atoms with van der Waals surface area (Å²) in [5.41, 5.74) is 0.976. The van der Waals surface area contributed by atoms with Crippen molar-refractivity contribution in [3.05, 3.63) is 34.2 Å². The zero-order valence-corrected chi connectivity index (χ0v) is 10.3. The lowest BCUT2D eigenvalue weighted by Gasteiger charge is -2.08. The van der Waals surface area contributed by atoms with Crippen LogP contribution in [0.15, 0.2) is 23.0 Å². The van der Waals surface area contributed by atoms with E-state index >= 15 is 0 Å². The van der Waals surface area contributed by atoms with E-state index in [-0.39, 0.29) is 0 Å². The second-order valence-electron chi connectivity index (χ2n) is 3.94. The number of rotatable bonds is 3. The standard InChI is InChI=1S/C11H10BF2N3O2/c1-6-3-4-7(5-8(6)12)17-10(19-9(13)14)15-16(2)11(17)18/h3-5,9H,1-2H3. The van der Waals surface area contributed by atoms with Crippen molar-refractivity contribution >= 4 is 13.3 Å². The number of nitrogens with zero attached hydrogens (tertiary/aromatic N) is 3. The second-order valence-corrected chi connectivity index (χ2v) is 3.94. The Bertz CT molecular complexity index is 666. The highest BCUT2D eigenvalue weighted by Gasteiger charge is 2.18. The first-order valence-electron chi connectivity index (χ1n) is 5.37. The summed E-state index contributed by atoms with van der Waals surface area (Å²) >= 11 is 0. The summed E-state index contributed by atoms with van der Waals surface area (Å²) in [6, 6.07) is 4.27. The third-order valence-electron chi connectivity index (χ3n) is 2.61. The maximum atomic E-state index is 12.3. The van der Waals surface area contributed by atoms with E-state index in [9.17, 15) is 13.6 Å². The topological polar surface area (TPSA) is 49.0 Å². The quantitative estimate of drug-likeness (QED) is 0.749. The summed E-state index contributed by atoms with van der Waals surface area (Å²) in [5.74, 6) is 0. The van der Waals surface area contributed by atoms with Crippen LogP contribution in [-0.2, 0) is 7.05 Å². The molecule has 0 fully saturated rings. The van der Waals surface area contributed by atoms with Crippen LogP contribution in [-0.4, -0.2) is 28.8 Å². The summed E-state index contributed by atoms with van der Waals surface area (Å²) < 4.78 is 30.6. The fraction of sp³-hybridized carbons (Fsp3) is 0.273. The average molecular weight is 265 g/mol. The molecule has 2 aromatic rings. The van der Waals surface area contributed by atoms with Gasteiger partial charge in [0, 0.05) is 7.05 Å². The molecule has 2 radical (unpaired) electrons. The lowest BCUT2D eigenvalue weighted by atomic mass is 9.91. The second kappa shape index (κ2) is 4.87. The van der Waals surface area contributed by atoms with E-state index in [2.05, 4.69) is 9.84 Å². The van der Waals surface area contributed by atoms with E-state index in [0.29, 0.717) is 11.2 Å². The van der Waals surface area contributed by atoms with Crippen LogP contribution in [0.1, 0.15) is 5.56 Å². The van der Waals surface area contributed by atoms with Gasteiger partial charge in [-0.1, -0.05) is 17.1 Å². The number of alkyl halides is 2. The van der Waals surface area contributed by atoms with E-state index in [4.69, 9.17) is 7.85 Å². The number of ether oxygens (including phenoxy) is 1. The Kier molecular flexibility index (Phi) is 3.41. The fourth-order valence-electron chi connectivity index (χ4n) is 1.59. The largest absolute Gasteiger partial charge is 0.401 e. The number of aromatic nitrogens is 3. The molecule has 1 aromatic carbocycles. The molecule has 5 nitrogen and oxygen atoms in total. The van der Waals surface area contributed by atoms with E-state index in [1.165, 1.54) is 13.1 Å². The third-order valence-corrected chi connectivity index (χ3v) is 2.61. The van der Waals surface area contributed by atoms with Crippen LogP contribution < -0.4 is 15.9 Å². The smallest absolute Gasteiger partial charge is 0.389 e. The number of hydrogen-bond acceptors (Lipinski definition) is 3. The van der Waals surface area contributed by atoms with Crippen molar-refractivity contribution in [1.29, 1.82) is 0 Å². The predicted molar refractivity (Wildman–Crippen MR) is 65.6 cm³/mol. The van der Waals surface area contributed by atoms with Crippen LogP contribution in [0.5, 0.6) is 6.01 Å². The first-order valence-corrected chi connectivity index (χ1v) is 5.37.